The van der Waals surface area contributed by atoms with Crippen LogP contribution in [0.15, 0.2) is 0 Å². The lowest BCUT2D eigenvalue weighted by molar-refractivity contribution is 0.156. The number of nitrogens with zero attached hydrogens (tertiary/aromatic N) is 1. The van der Waals surface area contributed by atoms with Crippen LogP contribution in [0.5, 0.6) is 0 Å². The lowest BCUT2D eigenvalue weighted by atomic mass is 10.4. The van der Waals surface area contributed by atoms with Crippen molar-refractivity contribution in [1.82, 2.24) is 4.90 Å². The molecule has 0 saturated carbocycles. The molecule has 0 saturated heterocycles. The van der Waals surface area contributed by atoms with Gasteiger partial charge in [-0.1, -0.05) is 6.92 Å². The molecule has 0 rings (SSSR count). The van der Waals surface area contributed by atoms with E-state index < -0.39 is 0 Å². The second kappa shape index (κ2) is 6.95. The molecule has 1 atom stereocenters. The lowest BCUT2D eigenvalue weighted by Gasteiger charge is -2.24. The number of rotatable bonds is 6. The third kappa shape index (κ3) is 4.67. The maximum absolute atomic E-state index is 5.00. The van der Waals surface area contributed by atoms with Crippen molar-refractivity contribution in [1.29, 1.82) is 0 Å². The van der Waals surface area contributed by atoms with Crippen molar-refractivity contribution in [3.8, 4) is 0 Å². The Kier molecular flexibility index (Phi) is 7.12. The van der Waals surface area contributed by atoms with Crippen LogP contribution < -0.4 is 0 Å². The summed E-state index contributed by atoms with van der Waals surface area (Å²) in [7, 11) is 3.89. The van der Waals surface area contributed by atoms with E-state index in [-0.39, 0.29) is 0 Å². The average Bonchev–Trinajstić information content (AvgIpc) is 2.03. The molecule has 11 heavy (non-hydrogen) atoms. The quantitative estimate of drug-likeness (QED) is 0.573. The smallest absolute Gasteiger partial charge is 0.0589 e. The number of ether oxygens (including phenoxy) is 1. The van der Waals surface area contributed by atoms with Crippen LogP contribution >= 0.6 is 11.8 Å². The molecule has 0 radical (unpaired) electrons. The molecule has 0 heterocycles. The van der Waals surface area contributed by atoms with Gasteiger partial charge in [-0.2, -0.15) is 0 Å². The van der Waals surface area contributed by atoms with Crippen LogP contribution in [0.3, 0.4) is 0 Å². The SMILES string of the molecule is CCC(SC)N(C)CCOC. The van der Waals surface area contributed by atoms with Gasteiger partial charge in [0.05, 0.1) is 12.0 Å². The van der Waals surface area contributed by atoms with Gasteiger partial charge in [-0.25, -0.2) is 0 Å². The number of hydrogen-bond acceptors (Lipinski definition) is 3. The number of hydrogen-bond donors (Lipinski definition) is 0. The highest BCUT2D eigenvalue weighted by Crippen LogP contribution is 2.13. The van der Waals surface area contributed by atoms with Crippen molar-refractivity contribution in [2.24, 2.45) is 0 Å². The molecule has 0 aliphatic heterocycles. The van der Waals surface area contributed by atoms with Crippen molar-refractivity contribution < 1.29 is 4.74 Å². The minimum Gasteiger partial charge on any atom is -0.383 e. The van der Waals surface area contributed by atoms with Gasteiger partial charge in [-0.05, 0) is 19.7 Å². The second-order valence-electron chi connectivity index (χ2n) is 2.57. The van der Waals surface area contributed by atoms with E-state index in [9.17, 15) is 0 Å². The molecule has 0 N–H and O–H groups in total. The van der Waals surface area contributed by atoms with Crippen LogP contribution in [0.2, 0.25) is 0 Å². The van der Waals surface area contributed by atoms with E-state index in [1.165, 1.54) is 6.42 Å². The fraction of sp³-hybridized carbons (Fsp3) is 1.00. The van der Waals surface area contributed by atoms with Crippen molar-refractivity contribution in [3.63, 3.8) is 0 Å². The highest BCUT2D eigenvalue weighted by atomic mass is 32.2. The van der Waals surface area contributed by atoms with Gasteiger partial charge in [0, 0.05) is 13.7 Å². The van der Waals surface area contributed by atoms with Crippen LogP contribution in [-0.4, -0.2) is 43.8 Å². The van der Waals surface area contributed by atoms with E-state index >= 15 is 0 Å². The normalized spacial score (nSPS) is 13.9. The predicted octanol–water partition coefficient (Wildman–Crippen LogP) is 1.66. The minimum absolute atomic E-state index is 0.644. The molecule has 0 fully saturated rings. The highest BCUT2D eigenvalue weighted by Gasteiger charge is 2.09. The maximum Gasteiger partial charge on any atom is 0.0589 e. The van der Waals surface area contributed by atoms with E-state index in [2.05, 4.69) is 25.1 Å². The summed E-state index contributed by atoms with van der Waals surface area (Å²) < 4.78 is 5.00. The molecular weight excluding hydrogens is 158 g/mol. The molecule has 68 valence electrons. The van der Waals surface area contributed by atoms with Crippen LogP contribution in [-0.2, 0) is 4.74 Å². The Balaban J connectivity index is 3.51. The number of thioether (sulfide) groups is 1. The van der Waals surface area contributed by atoms with Gasteiger partial charge < -0.3 is 4.74 Å². The first kappa shape index (κ1) is 11.3. The Hall–Kier alpha value is 0.270. The summed E-state index contributed by atoms with van der Waals surface area (Å²) in [5.41, 5.74) is 0. The van der Waals surface area contributed by atoms with Crippen LogP contribution in [0.25, 0.3) is 0 Å². The fourth-order valence-electron chi connectivity index (χ4n) is 1.04. The van der Waals surface area contributed by atoms with Gasteiger partial charge in [0.1, 0.15) is 0 Å². The molecule has 0 aromatic rings. The van der Waals surface area contributed by atoms with E-state index in [4.69, 9.17) is 4.74 Å². The summed E-state index contributed by atoms with van der Waals surface area (Å²) >= 11 is 1.90. The van der Waals surface area contributed by atoms with Crippen LogP contribution in [0, 0.1) is 0 Å². The maximum atomic E-state index is 5.00. The molecule has 0 aliphatic rings. The fourth-order valence-corrected chi connectivity index (χ4v) is 1.84. The Morgan fingerprint density at radius 2 is 2.18 bits per heavy atom. The van der Waals surface area contributed by atoms with Crippen molar-refractivity contribution in [3.05, 3.63) is 0 Å². The monoisotopic (exact) mass is 177 g/mol. The molecule has 1 unspecified atom stereocenters. The Bertz CT molecular complexity index is 86.2. The third-order valence-electron chi connectivity index (χ3n) is 1.76. The third-order valence-corrected chi connectivity index (χ3v) is 3.00. The standard InChI is InChI=1S/C8H19NOS/c1-5-8(11-4)9(2)6-7-10-3/h8H,5-7H2,1-4H3. The van der Waals surface area contributed by atoms with E-state index in [0.717, 1.165) is 13.2 Å². The summed E-state index contributed by atoms with van der Waals surface area (Å²) in [5.74, 6) is 0. The van der Waals surface area contributed by atoms with Gasteiger partial charge in [0.2, 0.25) is 0 Å². The Morgan fingerprint density at radius 3 is 2.55 bits per heavy atom. The van der Waals surface area contributed by atoms with Crippen molar-refractivity contribution in [2.45, 2.75) is 18.7 Å². The van der Waals surface area contributed by atoms with Gasteiger partial charge in [0.15, 0.2) is 0 Å². The predicted molar refractivity (Wildman–Crippen MR) is 52.1 cm³/mol. The molecule has 0 aromatic heterocycles. The zero-order valence-electron chi connectivity index (χ0n) is 7.96. The van der Waals surface area contributed by atoms with E-state index in [1.807, 2.05) is 11.8 Å². The van der Waals surface area contributed by atoms with E-state index in [0.29, 0.717) is 5.37 Å². The molecule has 2 nitrogen and oxygen atoms in total. The Morgan fingerprint density at radius 1 is 1.55 bits per heavy atom. The lowest BCUT2D eigenvalue weighted by Crippen LogP contribution is -2.31. The second-order valence-corrected chi connectivity index (χ2v) is 3.59. The zero-order chi connectivity index (χ0) is 8.69. The minimum atomic E-state index is 0.644. The number of likely N-dealkylation sites (N-methyl/N-ethyl adjacent to an activating group) is 1. The van der Waals surface area contributed by atoms with Crippen molar-refractivity contribution >= 4 is 11.8 Å². The summed E-state index contributed by atoms with van der Waals surface area (Å²) in [6, 6.07) is 0. The molecular formula is C8H19NOS. The summed E-state index contributed by atoms with van der Waals surface area (Å²) in [5, 5.41) is 0.644. The van der Waals surface area contributed by atoms with Crippen LogP contribution in [0.1, 0.15) is 13.3 Å². The summed E-state index contributed by atoms with van der Waals surface area (Å²) in [6.45, 7) is 4.06. The first-order valence-corrected chi connectivity index (χ1v) is 5.27. The molecule has 3 heteroatoms. The summed E-state index contributed by atoms with van der Waals surface area (Å²) in [6.07, 6.45) is 3.35. The summed E-state index contributed by atoms with van der Waals surface area (Å²) in [4.78, 5) is 2.33. The van der Waals surface area contributed by atoms with Crippen LogP contribution in [0.4, 0.5) is 0 Å². The molecule has 0 spiro atoms. The molecule has 0 aromatic carbocycles. The van der Waals surface area contributed by atoms with E-state index in [1.54, 1.807) is 7.11 Å². The first-order chi connectivity index (χ1) is 5.26. The average molecular weight is 177 g/mol. The largest absolute Gasteiger partial charge is 0.383 e. The van der Waals surface area contributed by atoms with Gasteiger partial charge in [-0.15, -0.1) is 11.8 Å². The van der Waals surface area contributed by atoms with Gasteiger partial charge >= 0.3 is 0 Å². The highest BCUT2D eigenvalue weighted by molar-refractivity contribution is 7.99. The molecule has 0 amide bonds. The van der Waals surface area contributed by atoms with Gasteiger partial charge in [0.25, 0.3) is 0 Å². The van der Waals surface area contributed by atoms with Crippen molar-refractivity contribution in [2.75, 3.05) is 33.6 Å². The molecule has 0 bridgehead atoms. The Labute approximate surface area is 74.3 Å². The topological polar surface area (TPSA) is 12.5 Å². The van der Waals surface area contributed by atoms with Gasteiger partial charge in [-0.3, -0.25) is 4.90 Å². The number of methoxy groups -OCH3 is 1. The first-order valence-electron chi connectivity index (χ1n) is 3.98. The zero-order valence-corrected chi connectivity index (χ0v) is 8.78. The molecule has 0 aliphatic carbocycles.